The third-order valence-corrected chi connectivity index (χ3v) is 4.30. The molecule has 0 spiro atoms. The van der Waals surface area contributed by atoms with E-state index >= 15 is 0 Å². The van der Waals surface area contributed by atoms with Gasteiger partial charge in [0.15, 0.2) is 0 Å². The van der Waals surface area contributed by atoms with E-state index in [1.54, 1.807) is 0 Å². The summed E-state index contributed by atoms with van der Waals surface area (Å²) < 4.78 is 1.05. The van der Waals surface area contributed by atoms with Crippen LogP contribution >= 0.6 is 27.5 Å². The van der Waals surface area contributed by atoms with Crippen LogP contribution in [0.1, 0.15) is 11.1 Å². The van der Waals surface area contributed by atoms with Crippen LogP contribution < -0.4 is 5.32 Å². The van der Waals surface area contributed by atoms with E-state index in [1.165, 1.54) is 0 Å². The molecule has 2 aromatic carbocycles. The summed E-state index contributed by atoms with van der Waals surface area (Å²) in [6, 6.07) is 13.6. The largest absolute Gasteiger partial charge is 0.324 e. The Kier molecular flexibility index (Phi) is 6.00. The van der Waals surface area contributed by atoms with Crippen LogP contribution in [0.3, 0.4) is 0 Å². The lowest BCUT2D eigenvalue weighted by atomic mass is 10.2. The maximum atomic E-state index is 12.1. The van der Waals surface area contributed by atoms with Crippen LogP contribution in [-0.4, -0.2) is 24.4 Å². The molecule has 0 unspecified atom stereocenters. The van der Waals surface area contributed by atoms with E-state index in [-0.39, 0.29) is 5.91 Å². The van der Waals surface area contributed by atoms with Crippen molar-refractivity contribution in [3.8, 4) is 0 Å². The number of hydrogen-bond donors (Lipinski definition) is 1. The second kappa shape index (κ2) is 7.77. The number of carbonyl (C=O) groups is 1. The van der Waals surface area contributed by atoms with E-state index in [4.69, 9.17) is 11.6 Å². The number of nitrogens with zero attached hydrogens (tertiary/aromatic N) is 1. The molecule has 2 aromatic rings. The van der Waals surface area contributed by atoms with Gasteiger partial charge in [0.05, 0.1) is 17.3 Å². The number of nitrogens with one attached hydrogen (secondary N) is 1. The van der Waals surface area contributed by atoms with Gasteiger partial charge in [0.1, 0.15) is 0 Å². The second-order valence-electron chi connectivity index (χ2n) is 5.30. The maximum Gasteiger partial charge on any atom is 0.238 e. The van der Waals surface area contributed by atoms with Crippen molar-refractivity contribution in [3.05, 3.63) is 63.1 Å². The lowest BCUT2D eigenvalue weighted by Crippen LogP contribution is -2.30. The topological polar surface area (TPSA) is 32.3 Å². The van der Waals surface area contributed by atoms with E-state index in [0.717, 1.165) is 15.6 Å². The summed E-state index contributed by atoms with van der Waals surface area (Å²) in [6.45, 7) is 2.95. The van der Waals surface area contributed by atoms with Gasteiger partial charge < -0.3 is 5.32 Å². The summed E-state index contributed by atoms with van der Waals surface area (Å²) in [5, 5.41) is 3.40. The molecule has 0 aliphatic carbocycles. The van der Waals surface area contributed by atoms with E-state index < -0.39 is 0 Å². The quantitative estimate of drug-likeness (QED) is 0.828. The van der Waals surface area contributed by atoms with Crippen molar-refractivity contribution < 1.29 is 4.79 Å². The lowest BCUT2D eigenvalue weighted by Gasteiger charge is -2.17. The average Bonchev–Trinajstić information content (AvgIpc) is 2.44. The average molecular weight is 382 g/mol. The number of hydrogen-bond acceptors (Lipinski definition) is 2. The monoisotopic (exact) mass is 380 g/mol. The summed E-state index contributed by atoms with van der Waals surface area (Å²) in [4.78, 5) is 14.1. The van der Waals surface area contributed by atoms with Crippen LogP contribution in [0, 0.1) is 6.92 Å². The molecule has 0 fully saturated rings. The number of halogens is 2. The van der Waals surface area contributed by atoms with Crippen molar-refractivity contribution in [3.63, 3.8) is 0 Å². The van der Waals surface area contributed by atoms with Gasteiger partial charge >= 0.3 is 0 Å². The van der Waals surface area contributed by atoms with Gasteiger partial charge in [-0.05, 0) is 43.3 Å². The summed E-state index contributed by atoms with van der Waals surface area (Å²) in [5.41, 5.74) is 2.85. The Bertz CT molecular complexity index is 675. The van der Waals surface area contributed by atoms with Gasteiger partial charge in [0.25, 0.3) is 0 Å². The minimum atomic E-state index is -0.0830. The normalized spacial score (nSPS) is 10.8. The zero-order valence-electron chi connectivity index (χ0n) is 12.6. The lowest BCUT2D eigenvalue weighted by molar-refractivity contribution is -0.117. The third-order valence-electron chi connectivity index (χ3n) is 3.21. The molecular formula is C17H18BrClN2O. The number of amides is 1. The van der Waals surface area contributed by atoms with Gasteiger partial charge in [-0.3, -0.25) is 9.69 Å². The van der Waals surface area contributed by atoms with Crippen LogP contribution in [0.2, 0.25) is 5.02 Å². The maximum absolute atomic E-state index is 12.1. The predicted molar refractivity (Wildman–Crippen MR) is 95.3 cm³/mol. The Balaban J connectivity index is 1.93. The molecule has 0 saturated heterocycles. The van der Waals surface area contributed by atoms with E-state index in [1.807, 2.05) is 61.3 Å². The number of anilines is 1. The number of aryl methyl sites for hydroxylation is 1. The molecule has 22 heavy (non-hydrogen) atoms. The fourth-order valence-corrected chi connectivity index (χ4v) is 2.82. The highest BCUT2D eigenvalue weighted by Gasteiger charge is 2.10. The van der Waals surface area contributed by atoms with E-state index in [0.29, 0.717) is 23.8 Å². The molecule has 2 rings (SSSR count). The van der Waals surface area contributed by atoms with Crippen LogP contribution in [-0.2, 0) is 11.3 Å². The highest BCUT2D eigenvalue weighted by Crippen LogP contribution is 2.22. The zero-order valence-corrected chi connectivity index (χ0v) is 14.9. The molecule has 0 bridgehead atoms. The summed E-state index contributed by atoms with van der Waals surface area (Å²) >= 11 is 9.64. The number of rotatable bonds is 5. The predicted octanol–water partition coefficient (Wildman–Crippen LogP) is 4.48. The molecule has 0 aliphatic heterocycles. The number of benzene rings is 2. The molecule has 3 nitrogen and oxygen atoms in total. The Morgan fingerprint density at radius 3 is 2.68 bits per heavy atom. The van der Waals surface area contributed by atoms with Gasteiger partial charge in [-0.2, -0.15) is 0 Å². The van der Waals surface area contributed by atoms with Crippen molar-refractivity contribution in [2.24, 2.45) is 0 Å². The smallest absolute Gasteiger partial charge is 0.238 e. The van der Waals surface area contributed by atoms with Crippen LogP contribution in [0.15, 0.2) is 46.9 Å². The SMILES string of the molecule is Cc1ccc(NC(=O)CN(C)Cc2ccccc2Br)c(Cl)c1. The standard InChI is InChI=1S/C17H18BrClN2O/c1-12-7-8-16(15(19)9-12)20-17(22)11-21(2)10-13-5-3-4-6-14(13)18/h3-9H,10-11H2,1-2H3,(H,20,22). The Labute approximate surface area is 144 Å². The molecular weight excluding hydrogens is 364 g/mol. The van der Waals surface area contributed by atoms with Gasteiger partial charge in [-0.1, -0.05) is 51.8 Å². The highest BCUT2D eigenvalue weighted by molar-refractivity contribution is 9.10. The van der Waals surface area contributed by atoms with Crippen molar-refractivity contribution >= 4 is 39.1 Å². The minimum absolute atomic E-state index is 0.0830. The molecule has 5 heteroatoms. The first-order valence-electron chi connectivity index (χ1n) is 6.93. The molecule has 0 heterocycles. The van der Waals surface area contributed by atoms with E-state index in [2.05, 4.69) is 21.2 Å². The van der Waals surface area contributed by atoms with Gasteiger partial charge in [-0.25, -0.2) is 0 Å². The van der Waals surface area contributed by atoms with E-state index in [9.17, 15) is 4.79 Å². The van der Waals surface area contributed by atoms with Crippen LogP contribution in [0.25, 0.3) is 0 Å². The summed E-state index contributed by atoms with van der Waals surface area (Å²) in [5.74, 6) is -0.0830. The van der Waals surface area contributed by atoms with Crippen molar-refractivity contribution in [1.29, 1.82) is 0 Å². The molecule has 0 radical (unpaired) electrons. The molecule has 0 aromatic heterocycles. The van der Waals surface area contributed by atoms with Gasteiger partial charge in [-0.15, -0.1) is 0 Å². The fraction of sp³-hybridized carbons (Fsp3) is 0.235. The fourth-order valence-electron chi connectivity index (χ4n) is 2.13. The molecule has 0 atom stereocenters. The van der Waals surface area contributed by atoms with Crippen molar-refractivity contribution in [2.45, 2.75) is 13.5 Å². The molecule has 0 saturated carbocycles. The van der Waals surface area contributed by atoms with Crippen LogP contribution in [0.4, 0.5) is 5.69 Å². The van der Waals surface area contributed by atoms with Gasteiger partial charge in [0, 0.05) is 11.0 Å². The van der Waals surface area contributed by atoms with Crippen molar-refractivity contribution in [2.75, 3.05) is 18.9 Å². The minimum Gasteiger partial charge on any atom is -0.324 e. The first-order chi connectivity index (χ1) is 10.5. The second-order valence-corrected chi connectivity index (χ2v) is 6.56. The first kappa shape index (κ1) is 17.0. The zero-order chi connectivity index (χ0) is 16.1. The van der Waals surface area contributed by atoms with Crippen molar-refractivity contribution in [1.82, 2.24) is 4.90 Å². The molecule has 116 valence electrons. The molecule has 1 amide bonds. The number of likely N-dealkylation sites (N-methyl/N-ethyl adjacent to an activating group) is 1. The summed E-state index contributed by atoms with van der Waals surface area (Å²) in [6.07, 6.45) is 0. The van der Waals surface area contributed by atoms with Crippen LogP contribution in [0.5, 0.6) is 0 Å². The Hall–Kier alpha value is -1.36. The molecule has 1 N–H and O–H groups in total. The Morgan fingerprint density at radius 2 is 2.00 bits per heavy atom. The van der Waals surface area contributed by atoms with Gasteiger partial charge in [0.2, 0.25) is 5.91 Å². The third kappa shape index (κ3) is 4.83. The highest BCUT2D eigenvalue weighted by atomic mass is 79.9. The Morgan fingerprint density at radius 1 is 1.27 bits per heavy atom. The number of carbonyl (C=O) groups excluding carboxylic acids is 1. The molecule has 0 aliphatic rings. The summed E-state index contributed by atoms with van der Waals surface area (Å²) in [7, 11) is 1.91. The first-order valence-corrected chi connectivity index (χ1v) is 8.11.